The number of carbonyl (C=O) groups excluding carboxylic acids is 1. The Morgan fingerprint density at radius 1 is 1.21 bits per heavy atom. The molecule has 1 saturated heterocycles. The van der Waals surface area contributed by atoms with E-state index in [-0.39, 0.29) is 5.91 Å². The van der Waals surface area contributed by atoms with Crippen molar-refractivity contribution in [3.63, 3.8) is 0 Å². The highest BCUT2D eigenvalue weighted by molar-refractivity contribution is 7.20. The van der Waals surface area contributed by atoms with Crippen LogP contribution in [0.2, 0.25) is 0 Å². The number of morpholine rings is 1. The summed E-state index contributed by atoms with van der Waals surface area (Å²) in [5, 5.41) is 1.02. The number of nitrogens with zero attached hydrogens (tertiary/aromatic N) is 4. The number of ether oxygens (including phenoxy) is 1. The van der Waals surface area contributed by atoms with Crippen molar-refractivity contribution in [1.29, 1.82) is 0 Å². The molecule has 6 nitrogen and oxygen atoms in total. The lowest BCUT2D eigenvalue weighted by molar-refractivity contribution is 0.0777. The molecule has 0 aliphatic carbocycles. The molecule has 0 bridgehead atoms. The average Bonchev–Trinajstić information content (AvgIpc) is 2.92. The maximum Gasteiger partial charge on any atom is 0.264 e. The van der Waals surface area contributed by atoms with Crippen LogP contribution < -0.4 is 4.90 Å². The predicted octanol–water partition coefficient (Wildman–Crippen LogP) is 2.63. The lowest BCUT2D eigenvalue weighted by atomic mass is 10.1. The molecule has 1 aliphatic heterocycles. The quantitative estimate of drug-likeness (QED) is 0.850. The Morgan fingerprint density at radius 3 is 2.50 bits per heavy atom. The van der Waals surface area contributed by atoms with Crippen LogP contribution in [0.4, 0.5) is 5.82 Å². The number of thiophene rings is 1. The third-order valence-electron chi connectivity index (χ3n) is 4.44. The maximum atomic E-state index is 12.8. The molecule has 0 unspecified atom stereocenters. The van der Waals surface area contributed by atoms with Crippen LogP contribution in [0, 0.1) is 13.8 Å². The third kappa shape index (κ3) is 2.98. The summed E-state index contributed by atoms with van der Waals surface area (Å²) in [7, 11) is 0. The fraction of sp³-hybridized carbons (Fsp3) is 0.588. The number of aryl methyl sites for hydroxylation is 2. The van der Waals surface area contributed by atoms with Crippen LogP contribution in [-0.2, 0) is 4.74 Å². The first-order chi connectivity index (χ1) is 11.6. The van der Waals surface area contributed by atoms with Gasteiger partial charge in [-0.2, -0.15) is 0 Å². The van der Waals surface area contributed by atoms with Crippen LogP contribution in [0.3, 0.4) is 0 Å². The number of amides is 1. The molecule has 0 radical (unpaired) electrons. The van der Waals surface area contributed by atoms with Crippen molar-refractivity contribution >= 4 is 33.3 Å². The van der Waals surface area contributed by atoms with Crippen LogP contribution >= 0.6 is 11.3 Å². The van der Waals surface area contributed by atoms with Gasteiger partial charge < -0.3 is 14.5 Å². The van der Waals surface area contributed by atoms with Crippen LogP contribution in [0.25, 0.3) is 10.2 Å². The minimum Gasteiger partial charge on any atom is -0.378 e. The molecule has 24 heavy (non-hydrogen) atoms. The maximum absolute atomic E-state index is 12.8. The van der Waals surface area contributed by atoms with Gasteiger partial charge in [0.2, 0.25) is 0 Å². The summed E-state index contributed by atoms with van der Waals surface area (Å²) in [6.45, 7) is 12.4. The number of rotatable bonds is 4. The highest BCUT2D eigenvalue weighted by Crippen LogP contribution is 2.36. The van der Waals surface area contributed by atoms with Gasteiger partial charge in [0.25, 0.3) is 5.91 Å². The van der Waals surface area contributed by atoms with E-state index in [0.29, 0.717) is 26.3 Å². The molecule has 1 fully saturated rings. The van der Waals surface area contributed by atoms with Crippen LogP contribution in [-0.4, -0.2) is 60.2 Å². The second-order valence-corrected chi connectivity index (χ2v) is 6.91. The van der Waals surface area contributed by atoms with Gasteiger partial charge in [-0.15, -0.1) is 11.3 Å². The molecule has 2 aromatic heterocycles. The van der Waals surface area contributed by atoms with E-state index in [2.05, 4.69) is 14.9 Å². The summed E-state index contributed by atoms with van der Waals surface area (Å²) >= 11 is 1.48. The zero-order valence-electron chi connectivity index (χ0n) is 14.8. The summed E-state index contributed by atoms with van der Waals surface area (Å²) < 4.78 is 5.45. The van der Waals surface area contributed by atoms with Crippen molar-refractivity contribution in [2.75, 3.05) is 44.3 Å². The van der Waals surface area contributed by atoms with E-state index in [0.717, 1.165) is 45.4 Å². The number of hydrogen-bond acceptors (Lipinski definition) is 6. The van der Waals surface area contributed by atoms with Crippen molar-refractivity contribution in [2.24, 2.45) is 0 Å². The van der Waals surface area contributed by atoms with Crippen molar-refractivity contribution in [2.45, 2.75) is 27.7 Å². The van der Waals surface area contributed by atoms with Gasteiger partial charge in [0.1, 0.15) is 16.5 Å². The van der Waals surface area contributed by atoms with Gasteiger partial charge in [0, 0.05) is 26.2 Å². The Labute approximate surface area is 146 Å². The van der Waals surface area contributed by atoms with Crippen molar-refractivity contribution in [3.8, 4) is 0 Å². The molecule has 130 valence electrons. The van der Waals surface area contributed by atoms with Crippen molar-refractivity contribution < 1.29 is 9.53 Å². The Hall–Kier alpha value is -1.73. The van der Waals surface area contributed by atoms with E-state index in [4.69, 9.17) is 4.74 Å². The molecule has 1 amide bonds. The number of aromatic nitrogens is 2. The highest BCUT2D eigenvalue weighted by Gasteiger charge is 2.25. The Bertz CT molecular complexity index is 749. The first kappa shape index (κ1) is 17.1. The molecule has 0 aromatic carbocycles. The van der Waals surface area contributed by atoms with Gasteiger partial charge in [-0.1, -0.05) is 0 Å². The first-order valence-electron chi connectivity index (χ1n) is 8.46. The minimum atomic E-state index is 0.0890. The molecule has 7 heteroatoms. The molecule has 3 rings (SSSR count). The molecule has 3 heterocycles. The average molecular weight is 348 g/mol. The third-order valence-corrected chi connectivity index (χ3v) is 5.61. The second-order valence-electron chi connectivity index (χ2n) is 5.91. The fourth-order valence-electron chi connectivity index (χ4n) is 3.08. The SMILES string of the molecule is CCN(CC)C(=O)c1sc2nc(C)nc(N3CCOCC3)c2c1C. The van der Waals surface area contributed by atoms with Gasteiger partial charge in [-0.05, 0) is 33.3 Å². The van der Waals surface area contributed by atoms with Crippen molar-refractivity contribution in [1.82, 2.24) is 14.9 Å². The molecule has 0 saturated carbocycles. The zero-order valence-corrected chi connectivity index (χ0v) is 15.6. The summed E-state index contributed by atoms with van der Waals surface area (Å²) in [6.07, 6.45) is 0. The number of anilines is 1. The molecule has 1 aliphatic rings. The van der Waals surface area contributed by atoms with Gasteiger partial charge in [-0.3, -0.25) is 4.79 Å². The Kier molecular flexibility index (Phi) is 5.01. The smallest absolute Gasteiger partial charge is 0.264 e. The van der Waals surface area contributed by atoms with Gasteiger partial charge in [0.05, 0.1) is 23.5 Å². The van der Waals surface area contributed by atoms with Crippen molar-refractivity contribution in [3.05, 3.63) is 16.3 Å². The second kappa shape index (κ2) is 7.03. The fourth-order valence-corrected chi connectivity index (χ4v) is 4.27. The number of hydrogen-bond donors (Lipinski definition) is 0. The van der Waals surface area contributed by atoms with E-state index < -0.39 is 0 Å². The predicted molar refractivity (Wildman–Crippen MR) is 97.2 cm³/mol. The zero-order chi connectivity index (χ0) is 17.3. The minimum absolute atomic E-state index is 0.0890. The number of fused-ring (bicyclic) bond motifs is 1. The van der Waals surface area contributed by atoms with E-state index in [1.54, 1.807) is 0 Å². The van der Waals surface area contributed by atoms with Gasteiger partial charge >= 0.3 is 0 Å². The van der Waals surface area contributed by atoms with E-state index in [1.807, 2.05) is 32.6 Å². The Balaban J connectivity index is 2.12. The monoisotopic (exact) mass is 348 g/mol. The summed E-state index contributed by atoms with van der Waals surface area (Å²) in [5.74, 6) is 1.77. The van der Waals surface area contributed by atoms with E-state index >= 15 is 0 Å². The molecule has 0 atom stereocenters. The largest absolute Gasteiger partial charge is 0.378 e. The first-order valence-corrected chi connectivity index (χ1v) is 9.28. The molecular weight excluding hydrogens is 324 g/mol. The van der Waals surface area contributed by atoms with Gasteiger partial charge in [-0.25, -0.2) is 9.97 Å². The molecular formula is C17H24N4O2S. The molecule has 0 spiro atoms. The summed E-state index contributed by atoms with van der Waals surface area (Å²) in [4.78, 5) is 27.9. The highest BCUT2D eigenvalue weighted by atomic mass is 32.1. The summed E-state index contributed by atoms with van der Waals surface area (Å²) in [6, 6.07) is 0. The van der Waals surface area contributed by atoms with Crippen LogP contribution in [0.5, 0.6) is 0 Å². The topological polar surface area (TPSA) is 58.6 Å². The van der Waals surface area contributed by atoms with Gasteiger partial charge in [0.15, 0.2) is 0 Å². The number of carbonyl (C=O) groups is 1. The standard InChI is InChI=1S/C17H24N4O2S/c1-5-20(6-2)17(22)14-11(3)13-15(21-7-9-23-10-8-21)18-12(4)19-16(13)24-14/h5-10H2,1-4H3. The van der Waals surface area contributed by atoms with E-state index in [1.165, 1.54) is 11.3 Å². The Morgan fingerprint density at radius 2 is 1.88 bits per heavy atom. The normalized spacial score (nSPS) is 15.1. The lowest BCUT2D eigenvalue weighted by Crippen LogP contribution is -2.37. The van der Waals surface area contributed by atoms with Crippen LogP contribution in [0.1, 0.15) is 34.9 Å². The lowest BCUT2D eigenvalue weighted by Gasteiger charge is -2.28. The summed E-state index contributed by atoms with van der Waals surface area (Å²) in [5.41, 5.74) is 0.994. The molecule has 0 N–H and O–H groups in total. The van der Waals surface area contributed by atoms with E-state index in [9.17, 15) is 4.79 Å². The molecule has 2 aromatic rings. The van der Waals surface area contributed by atoms with Crippen LogP contribution in [0.15, 0.2) is 0 Å².